The van der Waals surface area contributed by atoms with Gasteiger partial charge in [0.2, 0.25) is 0 Å². The zero-order valence-electron chi connectivity index (χ0n) is 17.5. The summed E-state index contributed by atoms with van der Waals surface area (Å²) in [7, 11) is -3.49. The van der Waals surface area contributed by atoms with Crippen molar-refractivity contribution in [3.05, 3.63) is 41.2 Å². The van der Waals surface area contributed by atoms with E-state index >= 15 is 0 Å². The molecule has 1 atom stereocenters. The standard InChI is InChI=1S/C20H24FN3O6S2/c1-2-28-9-3-11-32(26,27)16-6-4-14(5-7-16)18(24-30-15-8-10-29-13-15)19(25)23-20-22-12-17(21)31-20/h4-7,12,15H,2-3,8-11,13H2,1H3,(H,22,23,25)/t15-/m1/s1. The van der Waals surface area contributed by atoms with Gasteiger partial charge >= 0.3 is 0 Å². The average molecular weight is 486 g/mol. The molecule has 1 aromatic heterocycles. The second-order valence-corrected chi connectivity index (χ2v) is 9.94. The normalized spacial score (nSPS) is 16.8. The summed E-state index contributed by atoms with van der Waals surface area (Å²) in [5, 5.41) is 5.98. The predicted molar refractivity (Wildman–Crippen MR) is 117 cm³/mol. The number of nitrogens with zero attached hydrogens (tertiary/aromatic N) is 2. The summed E-state index contributed by atoms with van der Waals surface area (Å²) in [6.07, 6.45) is 1.72. The van der Waals surface area contributed by atoms with Crippen LogP contribution in [0, 0.1) is 5.13 Å². The molecular weight excluding hydrogens is 461 g/mol. The van der Waals surface area contributed by atoms with Crippen molar-refractivity contribution in [1.29, 1.82) is 0 Å². The lowest BCUT2D eigenvalue weighted by atomic mass is 10.1. The number of carbonyl (C=O) groups excluding carboxylic acids is 1. The number of aromatic nitrogens is 1. The van der Waals surface area contributed by atoms with E-state index in [1.165, 1.54) is 24.3 Å². The molecule has 174 valence electrons. The highest BCUT2D eigenvalue weighted by Crippen LogP contribution is 2.19. The summed E-state index contributed by atoms with van der Waals surface area (Å²) in [5.74, 6) is -0.709. The Morgan fingerprint density at radius 2 is 2.16 bits per heavy atom. The van der Waals surface area contributed by atoms with Crippen molar-refractivity contribution < 1.29 is 31.9 Å². The topological polar surface area (TPSA) is 116 Å². The minimum absolute atomic E-state index is 0.0474. The van der Waals surface area contributed by atoms with E-state index in [1.807, 2.05) is 6.92 Å². The number of oxime groups is 1. The molecule has 0 unspecified atom stereocenters. The molecule has 9 nitrogen and oxygen atoms in total. The van der Waals surface area contributed by atoms with Crippen molar-refractivity contribution in [2.24, 2.45) is 5.16 Å². The molecule has 2 heterocycles. The van der Waals surface area contributed by atoms with Gasteiger partial charge in [-0.3, -0.25) is 10.1 Å². The Bertz CT molecular complexity index is 1030. The molecule has 1 aliphatic rings. The number of ether oxygens (including phenoxy) is 2. The van der Waals surface area contributed by atoms with E-state index in [0.717, 1.165) is 6.20 Å². The van der Waals surface area contributed by atoms with Crippen LogP contribution in [0.15, 0.2) is 40.5 Å². The van der Waals surface area contributed by atoms with E-state index in [4.69, 9.17) is 14.3 Å². The Morgan fingerprint density at radius 1 is 1.38 bits per heavy atom. The van der Waals surface area contributed by atoms with Gasteiger partial charge in [-0.15, -0.1) is 0 Å². The monoisotopic (exact) mass is 485 g/mol. The molecule has 0 saturated carbocycles. The zero-order valence-corrected chi connectivity index (χ0v) is 19.1. The zero-order chi connectivity index (χ0) is 23.0. The van der Waals surface area contributed by atoms with Gasteiger partial charge in [-0.1, -0.05) is 28.6 Å². The van der Waals surface area contributed by atoms with Crippen LogP contribution in [-0.4, -0.2) is 63.3 Å². The molecule has 1 amide bonds. The van der Waals surface area contributed by atoms with Crippen LogP contribution in [0.2, 0.25) is 0 Å². The fraction of sp³-hybridized carbons (Fsp3) is 0.450. The first kappa shape index (κ1) is 24.2. The third-order valence-electron chi connectivity index (χ3n) is 4.49. The van der Waals surface area contributed by atoms with E-state index in [1.54, 1.807) is 0 Å². The number of halogens is 1. The minimum Gasteiger partial charge on any atom is -0.389 e. The fourth-order valence-corrected chi connectivity index (χ4v) is 4.67. The van der Waals surface area contributed by atoms with E-state index in [2.05, 4.69) is 15.5 Å². The first-order valence-corrected chi connectivity index (χ1v) is 12.5. The van der Waals surface area contributed by atoms with Crippen molar-refractivity contribution in [3.63, 3.8) is 0 Å². The quantitative estimate of drug-likeness (QED) is 0.295. The molecule has 1 aromatic carbocycles. The molecule has 1 fully saturated rings. The Balaban J connectivity index is 1.77. The van der Waals surface area contributed by atoms with Crippen molar-refractivity contribution in [2.45, 2.75) is 30.8 Å². The predicted octanol–water partition coefficient (Wildman–Crippen LogP) is 2.63. The van der Waals surface area contributed by atoms with Crippen LogP contribution in [0.4, 0.5) is 9.52 Å². The Kier molecular flexibility index (Phi) is 8.67. The van der Waals surface area contributed by atoms with E-state index in [0.29, 0.717) is 56.2 Å². The molecule has 0 aliphatic carbocycles. The second-order valence-electron chi connectivity index (χ2n) is 6.85. The number of sulfone groups is 1. The first-order valence-electron chi connectivity index (χ1n) is 10.0. The van der Waals surface area contributed by atoms with Crippen molar-refractivity contribution in [3.8, 4) is 0 Å². The van der Waals surface area contributed by atoms with Gasteiger partial charge in [0.1, 0.15) is 0 Å². The van der Waals surface area contributed by atoms with Crippen molar-refractivity contribution in [2.75, 3.05) is 37.5 Å². The van der Waals surface area contributed by atoms with Gasteiger partial charge in [0.05, 0.1) is 30.1 Å². The van der Waals surface area contributed by atoms with Crippen LogP contribution in [0.1, 0.15) is 25.3 Å². The van der Waals surface area contributed by atoms with Crippen LogP contribution in [0.3, 0.4) is 0 Å². The van der Waals surface area contributed by atoms with Crippen LogP contribution in [0.25, 0.3) is 0 Å². The van der Waals surface area contributed by atoms with Crippen molar-refractivity contribution >= 4 is 37.9 Å². The van der Waals surface area contributed by atoms with Gasteiger partial charge in [0.15, 0.2) is 31.9 Å². The van der Waals surface area contributed by atoms with Gasteiger partial charge in [-0.05, 0) is 25.5 Å². The maximum atomic E-state index is 13.2. The molecule has 1 N–H and O–H groups in total. The Morgan fingerprint density at radius 3 is 2.78 bits per heavy atom. The summed E-state index contributed by atoms with van der Waals surface area (Å²) in [6, 6.07) is 5.78. The maximum Gasteiger partial charge on any atom is 0.280 e. The molecule has 1 aliphatic heterocycles. The van der Waals surface area contributed by atoms with Crippen LogP contribution in [0.5, 0.6) is 0 Å². The van der Waals surface area contributed by atoms with Crippen LogP contribution in [-0.2, 0) is 28.9 Å². The van der Waals surface area contributed by atoms with E-state index < -0.39 is 20.9 Å². The summed E-state index contributed by atoms with van der Waals surface area (Å²) >= 11 is 0.674. The minimum atomic E-state index is -3.49. The fourth-order valence-electron chi connectivity index (χ4n) is 2.85. The summed E-state index contributed by atoms with van der Waals surface area (Å²) in [4.78, 5) is 22.1. The number of rotatable bonds is 11. The number of benzene rings is 1. The number of carbonyl (C=O) groups is 1. The molecule has 12 heteroatoms. The number of thiazole rings is 1. The maximum absolute atomic E-state index is 13.2. The molecule has 2 aromatic rings. The number of hydrogen-bond acceptors (Lipinski definition) is 9. The van der Waals surface area contributed by atoms with Gasteiger partial charge in [0.25, 0.3) is 5.91 Å². The highest BCUT2D eigenvalue weighted by molar-refractivity contribution is 7.91. The molecule has 0 bridgehead atoms. The molecule has 32 heavy (non-hydrogen) atoms. The lowest BCUT2D eigenvalue weighted by Gasteiger charge is -2.10. The van der Waals surface area contributed by atoms with Gasteiger partial charge in [-0.25, -0.2) is 13.4 Å². The molecule has 1 saturated heterocycles. The number of hydrogen-bond donors (Lipinski definition) is 1. The number of nitrogens with one attached hydrogen (secondary N) is 1. The second kappa shape index (κ2) is 11.5. The highest BCUT2D eigenvalue weighted by atomic mass is 32.2. The smallest absolute Gasteiger partial charge is 0.280 e. The van der Waals surface area contributed by atoms with Crippen LogP contribution < -0.4 is 5.32 Å². The van der Waals surface area contributed by atoms with E-state index in [-0.39, 0.29) is 27.6 Å². The van der Waals surface area contributed by atoms with E-state index in [9.17, 15) is 17.6 Å². The molecule has 3 rings (SSSR count). The first-order chi connectivity index (χ1) is 15.4. The molecule has 0 spiro atoms. The highest BCUT2D eigenvalue weighted by Gasteiger charge is 2.22. The van der Waals surface area contributed by atoms with Gasteiger partial charge < -0.3 is 14.3 Å². The molecular formula is C20H24FN3O6S2. The molecule has 0 radical (unpaired) electrons. The van der Waals surface area contributed by atoms with Gasteiger partial charge in [-0.2, -0.15) is 4.39 Å². The van der Waals surface area contributed by atoms with Crippen LogP contribution >= 0.6 is 11.3 Å². The Hall–Kier alpha value is -2.41. The van der Waals surface area contributed by atoms with Gasteiger partial charge in [0, 0.05) is 25.2 Å². The summed E-state index contributed by atoms with van der Waals surface area (Å²) in [6.45, 7) is 3.63. The largest absolute Gasteiger partial charge is 0.389 e. The third-order valence-corrected chi connectivity index (χ3v) is 7.00. The average Bonchev–Trinajstić information content (AvgIpc) is 3.43. The lowest BCUT2D eigenvalue weighted by Crippen LogP contribution is -2.25. The number of anilines is 1. The third kappa shape index (κ3) is 6.79. The SMILES string of the molecule is CCOCCCS(=O)(=O)c1ccc(C(=NO[C@@H]2CCOC2)C(=O)Nc2ncc(F)s2)cc1. The number of amides is 1. The summed E-state index contributed by atoms with van der Waals surface area (Å²) in [5.41, 5.74) is 0.250. The van der Waals surface area contributed by atoms with Crippen molar-refractivity contribution in [1.82, 2.24) is 4.98 Å². The Labute approximate surface area is 189 Å². The summed E-state index contributed by atoms with van der Waals surface area (Å²) < 4.78 is 48.6. The lowest BCUT2D eigenvalue weighted by molar-refractivity contribution is -0.110.